The van der Waals surface area contributed by atoms with Gasteiger partial charge < -0.3 is 14.8 Å². The van der Waals surface area contributed by atoms with E-state index in [0.29, 0.717) is 36.1 Å². The van der Waals surface area contributed by atoms with E-state index in [4.69, 9.17) is 21.1 Å². The molecular weight excluding hydrogens is 302 g/mol. The zero-order chi connectivity index (χ0) is 15.8. The number of amides is 1. The molecule has 116 valence electrons. The van der Waals surface area contributed by atoms with Crippen LogP contribution in [-0.4, -0.2) is 25.7 Å². The summed E-state index contributed by atoms with van der Waals surface area (Å²) >= 11 is 6.06. The minimum Gasteiger partial charge on any atom is -0.492 e. The number of benzene rings is 2. The van der Waals surface area contributed by atoms with Gasteiger partial charge in [0.1, 0.15) is 18.1 Å². The molecule has 2 rings (SSSR count). The molecule has 0 saturated carbocycles. The van der Waals surface area contributed by atoms with Crippen LogP contribution in [0, 0.1) is 0 Å². The molecule has 0 aliphatic rings. The molecule has 0 aliphatic heterocycles. The molecule has 0 unspecified atom stereocenters. The van der Waals surface area contributed by atoms with Crippen molar-refractivity contribution >= 4 is 17.5 Å². The van der Waals surface area contributed by atoms with Crippen LogP contribution in [0.4, 0.5) is 0 Å². The molecule has 0 heterocycles. The Morgan fingerprint density at radius 2 is 1.91 bits per heavy atom. The maximum absolute atomic E-state index is 12.0. The molecule has 2 aromatic carbocycles. The van der Waals surface area contributed by atoms with Gasteiger partial charge in [-0.05, 0) is 37.3 Å². The summed E-state index contributed by atoms with van der Waals surface area (Å²) in [5.74, 6) is 1.16. The average Bonchev–Trinajstić information content (AvgIpc) is 2.54. The monoisotopic (exact) mass is 319 g/mol. The van der Waals surface area contributed by atoms with Crippen LogP contribution in [0.2, 0.25) is 5.02 Å². The number of nitrogens with one attached hydrogen (secondary N) is 1. The van der Waals surface area contributed by atoms with Crippen molar-refractivity contribution in [2.45, 2.75) is 6.92 Å². The zero-order valence-corrected chi connectivity index (χ0v) is 13.1. The number of hydrogen-bond donors (Lipinski definition) is 1. The quantitative estimate of drug-likeness (QED) is 0.794. The third kappa shape index (κ3) is 4.67. The van der Waals surface area contributed by atoms with E-state index in [0.717, 1.165) is 5.75 Å². The van der Waals surface area contributed by atoms with Gasteiger partial charge in [-0.2, -0.15) is 0 Å². The molecule has 0 bridgehead atoms. The molecule has 0 saturated heterocycles. The summed E-state index contributed by atoms with van der Waals surface area (Å²) < 4.78 is 10.8. The lowest BCUT2D eigenvalue weighted by Crippen LogP contribution is -2.28. The third-order valence-electron chi connectivity index (χ3n) is 2.89. The highest BCUT2D eigenvalue weighted by atomic mass is 35.5. The molecule has 0 radical (unpaired) electrons. The number of carbonyl (C=O) groups is 1. The second-order valence-electron chi connectivity index (χ2n) is 4.50. The van der Waals surface area contributed by atoms with E-state index in [1.807, 2.05) is 37.3 Å². The van der Waals surface area contributed by atoms with Crippen LogP contribution in [0.15, 0.2) is 48.5 Å². The van der Waals surface area contributed by atoms with Crippen molar-refractivity contribution in [3.63, 3.8) is 0 Å². The van der Waals surface area contributed by atoms with E-state index in [1.54, 1.807) is 18.2 Å². The summed E-state index contributed by atoms with van der Waals surface area (Å²) in [5, 5.41) is 3.21. The summed E-state index contributed by atoms with van der Waals surface area (Å²) in [5.41, 5.74) is 0.494. The Morgan fingerprint density at radius 3 is 2.59 bits per heavy atom. The van der Waals surface area contributed by atoms with Crippen LogP contribution >= 0.6 is 11.6 Å². The van der Waals surface area contributed by atoms with Gasteiger partial charge in [-0.1, -0.05) is 29.8 Å². The van der Waals surface area contributed by atoms with E-state index in [-0.39, 0.29) is 5.91 Å². The SMILES string of the molecule is CCOc1ccc(C(=O)NCCOc2ccccc2)cc1Cl. The Bertz CT molecular complexity index is 617. The highest BCUT2D eigenvalue weighted by Crippen LogP contribution is 2.25. The van der Waals surface area contributed by atoms with Gasteiger partial charge >= 0.3 is 0 Å². The minimum absolute atomic E-state index is 0.193. The molecule has 1 N–H and O–H groups in total. The standard InChI is InChI=1S/C17H18ClNO3/c1-2-21-16-9-8-13(12-15(16)18)17(20)19-10-11-22-14-6-4-3-5-7-14/h3-9,12H,2,10-11H2,1H3,(H,19,20). The van der Waals surface area contributed by atoms with Crippen LogP contribution in [0.3, 0.4) is 0 Å². The van der Waals surface area contributed by atoms with Gasteiger partial charge in [-0.3, -0.25) is 4.79 Å². The third-order valence-corrected chi connectivity index (χ3v) is 3.19. The lowest BCUT2D eigenvalue weighted by atomic mass is 10.2. The largest absolute Gasteiger partial charge is 0.492 e. The minimum atomic E-state index is -0.193. The van der Waals surface area contributed by atoms with Crippen molar-refractivity contribution in [1.82, 2.24) is 5.32 Å². The lowest BCUT2D eigenvalue weighted by Gasteiger charge is -2.09. The fraction of sp³-hybridized carbons (Fsp3) is 0.235. The Kier molecular flexibility index (Phi) is 6.10. The summed E-state index contributed by atoms with van der Waals surface area (Å²) in [6, 6.07) is 14.4. The molecule has 0 fully saturated rings. The smallest absolute Gasteiger partial charge is 0.251 e. The highest BCUT2D eigenvalue weighted by Gasteiger charge is 2.09. The second-order valence-corrected chi connectivity index (χ2v) is 4.90. The number of para-hydroxylation sites is 1. The molecular formula is C17H18ClNO3. The van der Waals surface area contributed by atoms with Gasteiger partial charge in [-0.25, -0.2) is 0 Å². The van der Waals surface area contributed by atoms with Gasteiger partial charge in [-0.15, -0.1) is 0 Å². The Balaban J connectivity index is 1.81. The van der Waals surface area contributed by atoms with Crippen molar-refractivity contribution in [3.8, 4) is 11.5 Å². The molecule has 0 aromatic heterocycles. The summed E-state index contributed by atoms with van der Waals surface area (Å²) in [6.07, 6.45) is 0. The van der Waals surface area contributed by atoms with Crippen LogP contribution in [-0.2, 0) is 0 Å². The van der Waals surface area contributed by atoms with E-state index >= 15 is 0 Å². The van der Waals surface area contributed by atoms with E-state index in [1.165, 1.54) is 0 Å². The molecule has 0 aliphatic carbocycles. The number of carbonyl (C=O) groups excluding carboxylic acids is 1. The Morgan fingerprint density at radius 1 is 1.14 bits per heavy atom. The molecule has 0 spiro atoms. The van der Waals surface area contributed by atoms with Crippen molar-refractivity contribution in [1.29, 1.82) is 0 Å². The van der Waals surface area contributed by atoms with Crippen molar-refractivity contribution in [2.75, 3.05) is 19.8 Å². The molecule has 4 nitrogen and oxygen atoms in total. The van der Waals surface area contributed by atoms with E-state index in [9.17, 15) is 4.79 Å². The molecule has 1 amide bonds. The molecule has 22 heavy (non-hydrogen) atoms. The Hall–Kier alpha value is -2.20. The van der Waals surface area contributed by atoms with Gasteiger partial charge in [0.2, 0.25) is 0 Å². The average molecular weight is 320 g/mol. The first-order valence-electron chi connectivity index (χ1n) is 7.09. The number of hydrogen-bond acceptors (Lipinski definition) is 3. The fourth-order valence-electron chi connectivity index (χ4n) is 1.87. The van der Waals surface area contributed by atoms with Crippen LogP contribution < -0.4 is 14.8 Å². The van der Waals surface area contributed by atoms with Gasteiger partial charge in [0.15, 0.2) is 0 Å². The highest BCUT2D eigenvalue weighted by molar-refractivity contribution is 6.32. The van der Waals surface area contributed by atoms with Crippen LogP contribution in [0.1, 0.15) is 17.3 Å². The first kappa shape index (κ1) is 16.2. The van der Waals surface area contributed by atoms with Gasteiger partial charge in [0.05, 0.1) is 18.2 Å². The molecule has 5 heteroatoms. The van der Waals surface area contributed by atoms with Crippen molar-refractivity contribution < 1.29 is 14.3 Å². The maximum Gasteiger partial charge on any atom is 0.251 e. The first-order valence-corrected chi connectivity index (χ1v) is 7.47. The summed E-state index contributed by atoms with van der Waals surface area (Å²) in [6.45, 7) is 3.23. The molecule has 2 aromatic rings. The number of rotatable bonds is 7. The summed E-state index contributed by atoms with van der Waals surface area (Å²) in [7, 11) is 0. The van der Waals surface area contributed by atoms with Crippen molar-refractivity contribution in [2.24, 2.45) is 0 Å². The first-order chi connectivity index (χ1) is 10.7. The zero-order valence-electron chi connectivity index (χ0n) is 12.3. The second kappa shape index (κ2) is 8.29. The fourth-order valence-corrected chi connectivity index (χ4v) is 2.10. The lowest BCUT2D eigenvalue weighted by molar-refractivity contribution is 0.0947. The van der Waals surface area contributed by atoms with Crippen LogP contribution in [0.25, 0.3) is 0 Å². The molecule has 0 atom stereocenters. The topological polar surface area (TPSA) is 47.6 Å². The van der Waals surface area contributed by atoms with E-state index < -0.39 is 0 Å². The van der Waals surface area contributed by atoms with Gasteiger partial charge in [0, 0.05) is 5.56 Å². The van der Waals surface area contributed by atoms with Crippen LogP contribution in [0.5, 0.6) is 11.5 Å². The van der Waals surface area contributed by atoms with Crippen molar-refractivity contribution in [3.05, 3.63) is 59.1 Å². The Labute approximate surface area is 135 Å². The summed E-state index contributed by atoms with van der Waals surface area (Å²) in [4.78, 5) is 12.0. The normalized spacial score (nSPS) is 10.1. The maximum atomic E-state index is 12.0. The predicted octanol–water partition coefficient (Wildman–Crippen LogP) is 3.55. The number of ether oxygens (including phenoxy) is 2. The number of halogens is 1. The predicted molar refractivity (Wildman–Crippen MR) is 86.9 cm³/mol. The van der Waals surface area contributed by atoms with Gasteiger partial charge in [0.25, 0.3) is 5.91 Å². The van der Waals surface area contributed by atoms with E-state index in [2.05, 4.69) is 5.32 Å².